The number of rotatable bonds is 7. The van der Waals surface area contributed by atoms with Gasteiger partial charge in [-0.05, 0) is 24.3 Å². The van der Waals surface area contributed by atoms with E-state index in [2.05, 4.69) is 5.32 Å². The van der Waals surface area contributed by atoms with E-state index in [-0.39, 0.29) is 12.3 Å². The maximum Gasteiger partial charge on any atom is 0.375 e. The van der Waals surface area contributed by atoms with Gasteiger partial charge < -0.3 is 19.2 Å². The zero-order chi connectivity index (χ0) is 16.7. The van der Waals surface area contributed by atoms with Crippen LogP contribution in [0.1, 0.15) is 22.2 Å². The maximum atomic E-state index is 13.0. The van der Waals surface area contributed by atoms with Crippen molar-refractivity contribution < 1.29 is 27.9 Å². The van der Waals surface area contributed by atoms with E-state index in [1.54, 1.807) is 0 Å². The highest BCUT2D eigenvalue weighted by atomic mass is 19.1. The first-order chi connectivity index (χ1) is 11.1. The summed E-state index contributed by atoms with van der Waals surface area (Å²) < 4.78 is 28.0. The van der Waals surface area contributed by atoms with Crippen molar-refractivity contribution in [1.29, 1.82) is 0 Å². The van der Waals surface area contributed by atoms with Crippen molar-refractivity contribution >= 4 is 11.9 Å². The van der Waals surface area contributed by atoms with E-state index in [0.717, 1.165) is 0 Å². The van der Waals surface area contributed by atoms with Gasteiger partial charge in [0.1, 0.15) is 5.82 Å². The van der Waals surface area contributed by atoms with E-state index in [9.17, 15) is 14.0 Å². The molecule has 7 heteroatoms. The number of hydrogen-bond acceptors (Lipinski definition) is 5. The second kappa shape index (κ2) is 8.09. The minimum absolute atomic E-state index is 0.0261. The average molecular weight is 321 g/mol. The van der Waals surface area contributed by atoms with Gasteiger partial charge in [-0.25, -0.2) is 9.18 Å². The third-order valence-electron chi connectivity index (χ3n) is 2.96. The van der Waals surface area contributed by atoms with E-state index in [1.165, 1.54) is 49.8 Å². The van der Waals surface area contributed by atoms with Gasteiger partial charge in [0, 0.05) is 19.2 Å². The quantitative estimate of drug-likeness (QED) is 0.624. The number of nitrogens with one attached hydrogen (secondary N) is 1. The molecule has 0 saturated heterocycles. The number of furan rings is 1. The van der Waals surface area contributed by atoms with Gasteiger partial charge in [-0.15, -0.1) is 0 Å². The Morgan fingerprint density at radius 3 is 2.61 bits per heavy atom. The molecule has 6 nitrogen and oxygen atoms in total. The molecule has 0 bridgehead atoms. The minimum atomic E-state index is -1.22. The van der Waals surface area contributed by atoms with Crippen LogP contribution in [0, 0.1) is 5.82 Å². The van der Waals surface area contributed by atoms with Crippen LogP contribution in [0.25, 0.3) is 0 Å². The molecule has 1 aromatic carbocycles. The van der Waals surface area contributed by atoms with Crippen molar-refractivity contribution in [2.45, 2.75) is 6.10 Å². The van der Waals surface area contributed by atoms with Crippen LogP contribution < -0.4 is 5.32 Å². The Hall–Kier alpha value is -2.67. The summed E-state index contributed by atoms with van der Waals surface area (Å²) in [7, 11) is 1.50. The molecule has 0 aliphatic heterocycles. The smallest absolute Gasteiger partial charge is 0.375 e. The van der Waals surface area contributed by atoms with Crippen LogP contribution >= 0.6 is 0 Å². The number of halogens is 1. The first-order valence-corrected chi connectivity index (χ1v) is 6.88. The number of hydrogen-bond donors (Lipinski definition) is 1. The number of esters is 1. The van der Waals surface area contributed by atoms with Crippen LogP contribution in [0.2, 0.25) is 0 Å². The lowest BCUT2D eigenvalue weighted by Crippen LogP contribution is -2.34. The standard InChI is InChI=1S/C16H16FNO5/c1-21-10-8-18-15(19)14(11-4-6-12(17)7-5-11)23-16(20)13-3-2-9-22-13/h2-7,9,14H,8,10H2,1H3,(H,18,19). The Morgan fingerprint density at radius 2 is 2.00 bits per heavy atom. The zero-order valence-electron chi connectivity index (χ0n) is 12.5. The zero-order valence-corrected chi connectivity index (χ0v) is 12.5. The lowest BCUT2D eigenvalue weighted by molar-refractivity contribution is -0.130. The van der Waals surface area contributed by atoms with Crippen molar-refractivity contribution in [1.82, 2.24) is 5.32 Å². The Labute approximate surface area is 132 Å². The normalized spacial score (nSPS) is 11.7. The molecule has 0 radical (unpaired) electrons. The number of carbonyl (C=O) groups is 2. The Kier molecular flexibility index (Phi) is 5.87. The third kappa shape index (κ3) is 4.65. The first kappa shape index (κ1) is 16.7. The summed E-state index contributed by atoms with van der Waals surface area (Å²) in [5.41, 5.74) is 0.348. The van der Waals surface area contributed by atoms with Crippen LogP contribution in [0.15, 0.2) is 47.1 Å². The van der Waals surface area contributed by atoms with Gasteiger partial charge in [0.2, 0.25) is 11.9 Å². The molecule has 0 aliphatic carbocycles. The Bertz CT molecular complexity index is 639. The number of benzene rings is 1. The van der Waals surface area contributed by atoms with Crippen molar-refractivity contribution in [3.63, 3.8) is 0 Å². The predicted octanol–water partition coefficient (Wildman–Crippen LogP) is 2.08. The summed E-state index contributed by atoms with van der Waals surface area (Å²) in [6.45, 7) is 0.569. The molecule has 0 fully saturated rings. The molecule has 0 spiro atoms. The molecule has 1 atom stereocenters. The van der Waals surface area contributed by atoms with Gasteiger partial charge in [-0.2, -0.15) is 0 Å². The third-order valence-corrected chi connectivity index (χ3v) is 2.96. The lowest BCUT2D eigenvalue weighted by Gasteiger charge is -2.17. The van der Waals surface area contributed by atoms with Crippen LogP contribution in [0.5, 0.6) is 0 Å². The first-order valence-electron chi connectivity index (χ1n) is 6.88. The summed E-state index contributed by atoms with van der Waals surface area (Å²) in [5, 5.41) is 2.58. The van der Waals surface area contributed by atoms with Crippen molar-refractivity contribution in [2.75, 3.05) is 20.3 Å². The van der Waals surface area contributed by atoms with E-state index in [0.29, 0.717) is 12.2 Å². The fourth-order valence-corrected chi connectivity index (χ4v) is 1.84. The van der Waals surface area contributed by atoms with Gasteiger partial charge in [-0.1, -0.05) is 12.1 Å². The van der Waals surface area contributed by atoms with Gasteiger partial charge in [0.05, 0.1) is 12.9 Å². The minimum Gasteiger partial charge on any atom is -0.457 e. The molecule has 2 aromatic rings. The van der Waals surface area contributed by atoms with Crippen LogP contribution in [-0.4, -0.2) is 32.1 Å². The largest absolute Gasteiger partial charge is 0.457 e. The molecule has 1 N–H and O–H groups in total. The van der Waals surface area contributed by atoms with Crippen molar-refractivity contribution in [3.8, 4) is 0 Å². The summed E-state index contributed by atoms with van der Waals surface area (Å²) >= 11 is 0. The van der Waals surface area contributed by atoms with Gasteiger partial charge in [-0.3, -0.25) is 4.79 Å². The fourth-order valence-electron chi connectivity index (χ4n) is 1.84. The molecular formula is C16H16FNO5. The van der Waals surface area contributed by atoms with Gasteiger partial charge in [0.25, 0.3) is 5.91 Å². The molecule has 122 valence electrons. The number of ether oxygens (including phenoxy) is 2. The molecular weight excluding hydrogens is 305 g/mol. The summed E-state index contributed by atoms with van der Waals surface area (Å²) in [6.07, 6.45) is 0.104. The number of amides is 1. The number of methoxy groups -OCH3 is 1. The molecule has 1 heterocycles. The SMILES string of the molecule is COCCNC(=O)C(OC(=O)c1ccco1)c1ccc(F)cc1. The van der Waals surface area contributed by atoms with Crippen LogP contribution in [-0.2, 0) is 14.3 Å². The number of carbonyl (C=O) groups excluding carboxylic acids is 2. The van der Waals surface area contributed by atoms with Crippen molar-refractivity contribution in [3.05, 3.63) is 59.8 Å². The Balaban J connectivity index is 2.15. The molecule has 2 rings (SSSR count). The second-order valence-corrected chi connectivity index (χ2v) is 4.60. The molecule has 1 aromatic heterocycles. The topological polar surface area (TPSA) is 77.8 Å². The van der Waals surface area contributed by atoms with Gasteiger partial charge in [0.15, 0.2) is 0 Å². The van der Waals surface area contributed by atoms with Crippen molar-refractivity contribution in [2.24, 2.45) is 0 Å². The van der Waals surface area contributed by atoms with E-state index >= 15 is 0 Å². The van der Waals surface area contributed by atoms with Gasteiger partial charge >= 0.3 is 5.97 Å². The predicted molar refractivity (Wildman–Crippen MR) is 78.2 cm³/mol. The second-order valence-electron chi connectivity index (χ2n) is 4.60. The van der Waals surface area contributed by atoms with E-state index < -0.39 is 23.8 Å². The molecule has 0 aliphatic rings. The monoisotopic (exact) mass is 321 g/mol. The molecule has 0 saturated carbocycles. The Morgan fingerprint density at radius 1 is 1.26 bits per heavy atom. The summed E-state index contributed by atoms with van der Waals surface area (Å²) in [6, 6.07) is 8.09. The average Bonchev–Trinajstić information content (AvgIpc) is 3.08. The fraction of sp³-hybridized carbons (Fsp3) is 0.250. The maximum absolute atomic E-state index is 13.0. The summed E-state index contributed by atoms with van der Waals surface area (Å²) in [5.74, 6) is -1.80. The lowest BCUT2D eigenvalue weighted by atomic mass is 10.1. The molecule has 23 heavy (non-hydrogen) atoms. The van der Waals surface area contributed by atoms with E-state index in [1.807, 2.05) is 0 Å². The highest BCUT2D eigenvalue weighted by molar-refractivity contribution is 5.90. The summed E-state index contributed by atoms with van der Waals surface area (Å²) in [4.78, 5) is 24.2. The highest BCUT2D eigenvalue weighted by Crippen LogP contribution is 2.20. The highest BCUT2D eigenvalue weighted by Gasteiger charge is 2.26. The molecule has 1 unspecified atom stereocenters. The molecule has 1 amide bonds. The van der Waals surface area contributed by atoms with E-state index in [4.69, 9.17) is 13.9 Å². The van der Waals surface area contributed by atoms with Crippen LogP contribution in [0.4, 0.5) is 4.39 Å². The van der Waals surface area contributed by atoms with Crippen LogP contribution in [0.3, 0.4) is 0 Å².